The molecule has 1 saturated carbocycles. The van der Waals surface area contributed by atoms with Crippen LogP contribution in [0.4, 0.5) is 0 Å². The third kappa shape index (κ3) is 2.25. The van der Waals surface area contributed by atoms with Crippen LogP contribution < -0.4 is 5.32 Å². The molecule has 0 aromatic rings. The molecule has 0 spiro atoms. The Morgan fingerprint density at radius 1 is 1.28 bits per heavy atom. The first-order valence-electron chi connectivity index (χ1n) is 7.21. The maximum atomic E-state index is 12.5. The molecule has 2 amide bonds. The number of rotatable bonds is 4. The number of amides is 2. The first kappa shape index (κ1) is 13.4. The van der Waals surface area contributed by atoms with Crippen LogP contribution in [0, 0.1) is 5.92 Å². The van der Waals surface area contributed by atoms with Crippen LogP contribution in [0.2, 0.25) is 0 Å². The normalized spacial score (nSPS) is 36.3. The van der Waals surface area contributed by atoms with Gasteiger partial charge in [-0.05, 0) is 31.6 Å². The van der Waals surface area contributed by atoms with Crippen molar-refractivity contribution in [2.75, 3.05) is 0 Å². The van der Waals surface area contributed by atoms with Crippen molar-refractivity contribution < 1.29 is 9.59 Å². The predicted molar refractivity (Wildman–Crippen MR) is 69.9 cm³/mol. The minimum Gasteiger partial charge on any atom is -0.343 e. The van der Waals surface area contributed by atoms with Crippen molar-refractivity contribution >= 4 is 11.8 Å². The Morgan fingerprint density at radius 2 is 1.94 bits per heavy atom. The first-order chi connectivity index (χ1) is 8.58. The Balaban J connectivity index is 2.14. The summed E-state index contributed by atoms with van der Waals surface area (Å²) in [5.41, 5.74) is 0. The van der Waals surface area contributed by atoms with Crippen molar-refractivity contribution in [2.45, 2.75) is 71.0 Å². The third-order valence-electron chi connectivity index (χ3n) is 4.21. The maximum Gasteiger partial charge on any atom is 0.246 e. The van der Waals surface area contributed by atoms with Gasteiger partial charge in [0.05, 0.1) is 0 Å². The molecule has 4 heteroatoms. The van der Waals surface area contributed by atoms with Gasteiger partial charge in [-0.2, -0.15) is 0 Å². The fourth-order valence-electron chi connectivity index (χ4n) is 3.18. The molecule has 1 saturated heterocycles. The molecule has 4 nitrogen and oxygen atoms in total. The van der Waals surface area contributed by atoms with E-state index < -0.39 is 0 Å². The first-order valence-corrected chi connectivity index (χ1v) is 7.21. The van der Waals surface area contributed by atoms with Gasteiger partial charge in [-0.15, -0.1) is 0 Å². The van der Waals surface area contributed by atoms with Crippen molar-refractivity contribution in [3.8, 4) is 0 Å². The summed E-state index contributed by atoms with van der Waals surface area (Å²) in [6.45, 7) is 6.23. The second kappa shape index (κ2) is 5.29. The topological polar surface area (TPSA) is 49.4 Å². The number of nitrogens with zero attached hydrogens (tertiary/aromatic N) is 1. The lowest BCUT2D eigenvalue weighted by Gasteiger charge is -2.48. The zero-order chi connectivity index (χ0) is 13.3. The molecule has 18 heavy (non-hydrogen) atoms. The van der Waals surface area contributed by atoms with Crippen molar-refractivity contribution in [1.29, 1.82) is 0 Å². The van der Waals surface area contributed by atoms with Crippen LogP contribution in [0.15, 0.2) is 0 Å². The van der Waals surface area contributed by atoms with Crippen molar-refractivity contribution in [2.24, 2.45) is 5.92 Å². The molecule has 2 aliphatic rings. The van der Waals surface area contributed by atoms with Crippen LogP contribution in [0.1, 0.15) is 52.9 Å². The molecule has 0 bridgehead atoms. The number of hydrogen-bond donors (Lipinski definition) is 1. The number of nitrogens with one attached hydrogen (secondary N) is 1. The lowest BCUT2D eigenvalue weighted by molar-refractivity contribution is -0.155. The largest absolute Gasteiger partial charge is 0.343 e. The van der Waals surface area contributed by atoms with Gasteiger partial charge in [-0.25, -0.2) is 0 Å². The van der Waals surface area contributed by atoms with Crippen LogP contribution in [0.5, 0.6) is 0 Å². The summed E-state index contributed by atoms with van der Waals surface area (Å²) < 4.78 is 0. The monoisotopic (exact) mass is 252 g/mol. The standard InChI is InChI=1S/C14H24N2O2/c1-4-6-11-14(18)16(10-7-9(3)8-10)12(5-2)13(17)15-11/h9-12H,4-8H2,1-3H3,(H,15,17). The number of piperazine rings is 1. The van der Waals surface area contributed by atoms with Crippen molar-refractivity contribution in [1.82, 2.24) is 10.2 Å². The van der Waals surface area contributed by atoms with E-state index in [-0.39, 0.29) is 23.9 Å². The summed E-state index contributed by atoms with van der Waals surface area (Å²) in [5.74, 6) is 0.866. The van der Waals surface area contributed by atoms with E-state index in [2.05, 4.69) is 12.2 Å². The summed E-state index contributed by atoms with van der Waals surface area (Å²) in [7, 11) is 0. The minimum atomic E-state index is -0.291. The van der Waals surface area contributed by atoms with Crippen LogP contribution in [-0.2, 0) is 9.59 Å². The highest BCUT2D eigenvalue weighted by Gasteiger charge is 2.45. The highest BCUT2D eigenvalue weighted by molar-refractivity contribution is 5.97. The number of carbonyl (C=O) groups is 2. The highest BCUT2D eigenvalue weighted by Crippen LogP contribution is 2.34. The zero-order valence-electron chi connectivity index (χ0n) is 11.6. The quantitative estimate of drug-likeness (QED) is 0.827. The van der Waals surface area contributed by atoms with Gasteiger partial charge in [0, 0.05) is 6.04 Å². The predicted octanol–water partition coefficient (Wildman–Crippen LogP) is 1.69. The molecular weight excluding hydrogens is 228 g/mol. The van der Waals surface area contributed by atoms with E-state index in [4.69, 9.17) is 0 Å². The lowest BCUT2D eigenvalue weighted by Crippen LogP contribution is -2.67. The van der Waals surface area contributed by atoms with Crippen molar-refractivity contribution in [3.05, 3.63) is 0 Å². The summed E-state index contributed by atoms with van der Waals surface area (Å²) in [5, 5.41) is 2.88. The van der Waals surface area contributed by atoms with E-state index in [1.807, 2.05) is 18.7 Å². The Kier molecular flexibility index (Phi) is 3.93. The van der Waals surface area contributed by atoms with E-state index in [9.17, 15) is 9.59 Å². The maximum absolute atomic E-state index is 12.5. The molecule has 2 unspecified atom stereocenters. The van der Waals surface area contributed by atoms with Crippen LogP contribution in [0.25, 0.3) is 0 Å². The molecule has 1 heterocycles. The van der Waals surface area contributed by atoms with Gasteiger partial charge < -0.3 is 10.2 Å². The molecule has 0 radical (unpaired) electrons. The van der Waals surface area contributed by atoms with E-state index in [0.29, 0.717) is 18.4 Å². The van der Waals surface area contributed by atoms with Gasteiger partial charge in [-0.1, -0.05) is 27.2 Å². The summed E-state index contributed by atoms with van der Waals surface area (Å²) in [6, 6.07) is -0.243. The summed E-state index contributed by atoms with van der Waals surface area (Å²) >= 11 is 0. The van der Waals surface area contributed by atoms with E-state index in [0.717, 1.165) is 25.7 Å². The summed E-state index contributed by atoms with van der Waals surface area (Å²) in [6.07, 6.45) is 4.48. The molecule has 1 aliphatic carbocycles. The SMILES string of the molecule is CCCC1NC(=O)C(CC)N(C2CC(C)C2)C1=O. The Hall–Kier alpha value is -1.06. The van der Waals surface area contributed by atoms with Gasteiger partial charge in [0.15, 0.2) is 0 Å². The molecule has 1 aliphatic heterocycles. The van der Waals surface area contributed by atoms with Gasteiger partial charge in [0.25, 0.3) is 0 Å². The fraction of sp³-hybridized carbons (Fsp3) is 0.857. The van der Waals surface area contributed by atoms with Crippen LogP contribution >= 0.6 is 0 Å². The molecule has 1 N–H and O–H groups in total. The van der Waals surface area contributed by atoms with Crippen LogP contribution in [0.3, 0.4) is 0 Å². The highest BCUT2D eigenvalue weighted by atomic mass is 16.2. The van der Waals surface area contributed by atoms with E-state index in [1.54, 1.807) is 0 Å². The lowest BCUT2D eigenvalue weighted by atomic mass is 9.79. The average molecular weight is 252 g/mol. The number of hydrogen-bond acceptors (Lipinski definition) is 2. The molecule has 2 fully saturated rings. The molecular formula is C14H24N2O2. The Morgan fingerprint density at radius 3 is 2.44 bits per heavy atom. The average Bonchev–Trinajstić information content (AvgIpc) is 2.30. The van der Waals surface area contributed by atoms with Gasteiger partial charge in [-0.3, -0.25) is 9.59 Å². The summed E-state index contributed by atoms with van der Waals surface area (Å²) in [4.78, 5) is 26.5. The smallest absolute Gasteiger partial charge is 0.246 e. The van der Waals surface area contributed by atoms with E-state index in [1.165, 1.54) is 0 Å². The van der Waals surface area contributed by atoms with Gasteiger partial charge >= 0.3 is 0 Å². The van der Waals surface area contributed by atoms with Gasteiger partial charge in [0.2, 0.25) is 11.8 Å². The second-order valence-electron chi connectivity index (χ2n) is 5.75. The molecule has 2 atom stereocenters. The number of carbonyl (C=O) groups excluding carboxylic acids is 2. The molecule has 0 aromatic heterocycles. The van der Waals surface area contributed by atoms with Gasteiger partial charge in [0.1, 0.15) is 12.1 Å². The Labute approximate surface area is 109 Å². The molecule has 2 rings (SSSR count). The Bertz CT molecular complexity index is 337. The fourth-order valence-corrected chi connectivity index (χ4v) is 3.18. The van der Waals surface area contributed by atoms with E-state index >= 15 is 0 Å². The van der Waals surface area contributed by atoms with Crippen molar-refractivity contribution in [3.63, 3.8) is 0 Å². The molecule has 102 valence electrons. The zero-order valence-corrected chi connectivity index (χ0v) is 11.6. The molecule has 0 aromatic carbocycles. The second-order valence-corrected chi connectivity index (χ2v) is 5.75. The third-order valence-corrected chi connectivity index (χ3v) is 4.21. The van der Waals surface area contributed by atoms with Crippen LogP contribution in [-0.4, -0.2) is 34.8 Å². The minimum absolute atomic E-state index is 0.0371.